The molecule has 0 saturated carbocycles. The molecule has 0 aliphatic carbocycles. The summed E-state index contributed by atoms with van der Waals surface area (Å²) in [7, 11) is 1.72. The minimum absolute atomic E-state index is 0.651. The Kier molecular flexibility index (Phi) is 3.54. The quantitative estimate of drug-likeness (QED) is 0.799. The van der Waals surface area contributed by atoms with Crippen LogP contribution in [0.25, 0.3) is 11.3 Å². The summed E-state index contributed by atoms with van der Waals surface area (Å²) in [6.45, 7) is 0.756. The van der Waals surface area contributed by atoms with E-state index in [0.717, 1.165) is 24.3 Å². The third kappa shape index (κ3) is 2.59. The normalized spacial score (nSPS) is 10.6. The molecule has 4 heteroatoms. The molecule has 16 heavy (non-hydrogen) atoms. The predicted octanol–water partition coefficient (Wildman–Crippen LogP) is 2.93. The van der Waals surface area contributed by atoms with Gasteiger partial charge in [-0.3, -0.25) is 0 Å². The Bertz CT molecular complexity index is 498. The summed E-state index contributed by atoms with van der Waals surface area (Å²) >= 11 is 4.99. The molecule has 0 aliphatic heterocycles. The molecule has 0 atom stereocenters. The minimum atomic E-state index is 0.651. The van der Waals surface area contributed by atoms with Gasteiger partial charge in [0.2, 0.25) is 0 Å². The molecule has 1 aromatic heterocycles. The smallest absolute Gasteiger partial charge is 0.174 e. The third-order valence-corrected chi connectivity index (χ3v) is 2.68. The first kappa shape index (κ1) is 11.1. The van der Waals surface area contributed by atoms with Crippen molar-refractivity contribution in [3.05, 3.63) is 40.8 Å². The number of hydrogen-bond donors (Lipinski definition) is 2. The molecule has 0 saturated heterocycles. The number of H-pyrrole nitrogens is 2. The predicted molar refractivity (Wildman–Crippen MR) is 67.0 cm³/mol. The molecule has 1 heterocycles. The van der Waals surface area contributed by atoms with Crippen LogP contribution in [-0.4, -0.2) is 23.7 Å². The van der Waals surface area contributed by atoms with Crippen LogP contribution in [0.4, 0.5) is 0 Å². The van der Waals surface area contributed by atoms with Crippen LogP contribution in [0, 0.1) is 4.77 Å². The number of aromatic amines is 2. The first-order valence-corrected chi connectivity index (χ1v) is 5.56. The van der Waals surface area contributed by atoms with Gasteiger partial charge >= 0.3 is 0 Å². The molecule has 0 amide bonds. The van der Waals surface area contributed by atoms with Gasteiger partial charge in [0.05, 0.1) is 12.3 Å². The van der Waals surface area contributed by atoms with Crippen molar-refractivity contribution >= 4 is 12.2 Å². The van der Waals surface area contributed by atoms with Gasteiger partial charge in [0.25, 0.3) is 0 Å². The Hall–Kier alpha value is -1.39. The molecule has 0 fully saturated rings. The van der Waals surface area contributed by atoms with Gasteiger partial charge in [0.1, 0.15) is 0 Å². The summed E-state index contributed by atoms with van der Waals surface area (Å²) in [4.78, 5) is 6.04. The van der Waals surface area contributed by atoms with E-state index in [2.05, 4.69) is 34.2 Å². The van der Waals surface area contributed by atoms with Crippen molar-refractivity contribution in [2.45, 2.75) is 6.42 Å². The lowest BCUT2D eigenvalue weighted by atomic mass is 10.1. The number of ether oxygens (including phenoxy) is 1. The number of hydrogen-bond acceptors (Lipinski definition) is 2. The van der Waals surface area contributed by atoms with Crippen LogP contribution in [-0.2, 0) is 11.2 Å². The van der Waals surface area contributed by atoms with Crippen LogP contribution in [0.2, 0.25) is 0 Å². The van der Waals surface area contributed by atoms with Crippen LogP contribution >= 0.6 is 12.2 Å². The Morgan fingerprint density at radius 3 is 2.56 bits per heavy atom. The number of benzene rings is 1. The van der Waals surface area contributed by atoms with Crippen molar-refractivity contribution < 1.29 is 4.74 Å². The Morgan fingerprint density at radius 1 is 1.25 bits per heavy atom. The van der Waals surface area contributed by atoms with Gasteiger partial charge in [0.15, 0.2) is 4.77 Å². The Labute approximate surface area is 99.5 Å². The van der Waals surface area contributed by atoms with E-state index in [1.54, 1.807) is 7.11 Å². The van der Waals surface area contributed by atoms with Crippen molar-refractivity contribution in [2.24, 2.45) is 0 Å². The highest BCUT2D eigenvalue weighted by molar-refractivity contribution is 7.71. The number of aromatic nitrogens is 2. The number of imidazole rings is 1. The summed E-state index contributed by atoms with van der Waals surface area (Å²) in [5, 5.41) is 0. The van der Waals surface area contributed by atoms with Gasteiger partial charge in [-0.05, 0) is 29.8 Å². The summed E-state index contributed by atoms with van der Waals surface area (Å²) in [6, 6.07) is 8.38. The summed E-state index contributed by atoms with van der Waals surface area (Å²) in [5.41, 5.74) is 3.43. The maximum Gasteiger partial charge on any atom is 0.174 e. The molecule has 84 valence electrons. The minimum Gasteiger partial charge on any atom is -0.384 e. The van der Waals surface area contributed by atoms with E-state index in [1.807, 2.05) is 6.20 Å². The van der Waals surface area contributed by atoms with E-state index in [-0.39, 0.29) is 0 Å². The van der Waals surface area contributed by atoms with E-state index in [1.165, 1.54) is 5.56 Å². The van der Waals surface area contributed by atoms with Crippen molar-refractivity contribution in [1.29, 1.82) is 0 Å². The van der Waals surface area contributed by atoms with Crippen LogP contribution < -0.4 is 0 Å². The number of rotatable bonds is 4. The van der Waals surface area contributed by atoms with Gasteiger partial charge in [-0.1, -0.05) is 24.3 Å². The first-order chi connectivity index (χ1) is 7.79. The molecule has 3 nitrogen and oxygen atoms in total. The maximum absolute atomic E-state index is 5.04. The van der Waals surface area contributed by atoms with Gasteiger partial charge < -0.3 is 14.7 Å². The maximum atomic E-state index is 5.04. The highest BCUT2D eigenvalue weighted by Gasteiger charge is 1.99. The second kappa shape index (κ2) is 5.09. The lowest BCUT2D eigenvalue weighted by Gasteiger charge is -2.02. The largest absolute Gasteiger partial charge is 0.384 e. The van der Waals surface area contributed by atoms with E-state index in [0.29, 0.717) is 4.77 Å². The second-order valence-electron chi connectivity index (χ2n) is 3.60. The Balaban J connectivity index is 2.16. The summed E-state index contributed by atoms with van der Waals surface area (Å²) in [6.07, 6.45) is 2.83. The molecule has 0 radical (unpaired) electrons. The Morgan fingerprint density at radius 2 is 2.00 bits per heavy atom. The summed E-state index contributed by atoms with van der Waals surface area (Å²) < 4.78 is 5.69. The van der Waals surface area contributed by atoms with Crippen molar-refractivity contribution in [1.82, 2.24) is 9.97 Å². The molecule has 1 aromatic carbocycles. The summed E-state index contributed by atoms with van der Waals surface area (Å²) in [5.74, 6) is 0. The molecule has 2 N–H and O–H groups in total. The molecule has 0 unspecified atom stereocenters. The van der Waals surface area contributed by atoms with E-state index in [4.69, 9.17) is 17.0 Å². The topological polar surface area (TPSA) is 40.8 Å². The molecule has 0 bridgehead atoms. The third-order valence-electron chi connectivity index (χ3n) is 2.46. The fraction of sp³-hybridized carbons (Fsp3) is 0.250. The average molecular weight is 234 g/mol. The van der Waals surface area contributed by atoms with Crippen LogP contribution in [0.1, 0.15) is 5.56 Å². The monoisotopic (exact) mass is 234 g/mol. The zero-order valence-corrected chi connectivity index (χ0v) is 9.93. The number of methoxy groups -OCH3 is 1. The SMILES string of the molecule is COCCc1ccc(-c2c[nH]c(=S)[nH]2)cc1. The van der Waals surface area contributed by atoms with Gasteiger partial charge in [-0.2, -0.15) is 0 Å². The highest BCUT2D eigenvalue weighted by atomic mass is 32.1. The molecule has 2 rings (SSSR count). The van der Waals surface area contributed by atoms with Crippen LogP contribution in [0.3, 0.4) is 0 Å². The van der Waals surface area contributed by atoms with Crippen LogP contribution in [0.5, 0.6) is 0 Å². The highest BCUT2D eigenvalue weighted by Crippen LogP contribution is 2.17. The fourth-order valence-corrected chi connectivity index (χ4v) is 1.73. The van der Waals surface area contributed by atoms with Gasteiger partial charge in [0, 0.05) is 13.3 Å². The average Bonchev–Trinajstić information content (AvgIpc) is 2.74. The molecular weight excluding hydrogens is 220 g/mol. The van der Waals surface area contributed by atoms with E-state index < -0.39 is 0 Å². The van der Waals surface area contributed by atoms with Crippen molar-refractivity contribution in [3.8, 4) is 11.3 Å². The zero-order valence-electron chi connectivity index (χ0n) is 9.12. The zero-order chi connectivity index (χ0) is 11.4. The standard InChI is InChI=1S/C12H14N2OS/c1-15-7-6-9-2-4-10(5-3-9)11-8-13-12(16)14-11/h2-5,8H,6-7H2,1H3,(H2,13,14,16). The lowest BCUT2D eigenvalue weighted by molar-refractivity contribution is 0.202. The van der Waals surface area contributed by atoms with Crippen molar-refractivity contribution in [3.63, 3.8) is 0 Å². The van der Waals surface area contributed by atoms with Crippen LogP contribution in [0.15, 0.2) is 30.5 Å². The fourth-order valence-electron chi connectivity index (χ4n) is 1.56. The number of nitrogens with one attached hydrogen (secondary N) is 2. The molecule has 0 spiro atoms. The molecular formula is C12H14N2OS. The van der Waals surface area contributed by atoms with E-state index in [9.17, 15) is 0 Å². The molecule has 0 aliphatic rings. The first-order valence-electron chi connectivity index (χ1n) is 5.15. The van der Waals surface area contributed by atoms with Gasteiger partial charge in [-0.15, -0.1) is 0 Å². The van der Waals surface area contributed by atoms with Crippen molar-refractivity contribution in [2.75, 3.05) is 13.7 Å². The lowest BCUT2D eigenvalue weighted by Crippen LogP contribution is -1.93. The second-order valence-corrected chi connectivity index (χ2v) is 4.00. The molecule has 2 aromatic rings. The van der Waals surface area contributed by atoms with Gasteiger partial charge in [-0.25, -0.2) is 0 Å². The van der Waals surface area contributed by atoms with E-state index >= 15 is 0 Å².